The molecule has 1 aromatic heterocycles. The molecule has 0 radical (unpaired) electrons. The molecule has 0 aliphatic carbocycles. The Kier molecular flexibility index (Phi) is 4.35. The minimum Gasteiger partial charge on any atom is -0.321 e. The van der Waals surface area contributed by atoms with Crippen LogP contribution in [-0.2, 0) is 6.18 Å². The number of hydrogen-bond donors (Lipinski definition) is 1. The number of benzene rings is 1. The molecule has 0 unspecified atom stereocenters. The fourth-order valence-corrected chi connectivity index (χ4v) is 2.10. The number of nitrogens with zero attached hydrogens (tertiary/aromatic N) is 2. The second-order valence-electron chi connectivity index (χ2n) is 3.93. The summed E-state index contributed by atoms with van der Waals surface area (Å²) in [7, 11) is 0. The Morgan fingerprint density at radius 3 is 2.55 bits per heavy atom. The molecule has 11 heteroatoms. The number of nitrogens with one attached hydrogen (secondary N) is 1. The maximum Gasteiger partial charge on any atom is 0.418 e. The van der Waals surface area contributed by atoms with Gasteiger partial charge in [-0.2, -0.15) is 13.2 Å². The molecule has 2 aromatic rings. The Bertz CT molecular complexity index is 699. The van der Waals surface area contributed by atoms with Crippen LogP contribution >= 0.6 is 11.5 Å². The second kappa shape index (κ2) is 5.91. The van der Waals surface area contributed by atoms with Gasteiger partial charge < -0.3 is 5.32 Å². The van der Waals surface area contributed by atoms with Crippen LogP contribution in [0.15, 0.2) is 18.2 Å². The zero-order valence-electron chi connectivity index (χ0n) is 10.3. The summed E-state index contributed by atoms with van der Waals surface area (Å²) in [6.07, 6.45) is -8.03. The first-order chi connectivity index (χ1) is 10.2. The smallest absolute Gasteiger partial charge is 0.321 e. The third kappa shape index (κ3) is 3.35. The molecule has 2 rings (SSSR count). The summed E-state index contributed by atoms with van der Waals surface area (Å²) in [4.78, 5) is 11.2. The van der Waals surface area contributed by atoms with Crippen LogP contribution in [-0.4, -0.2) is 15.5 Å². The predicted octanol–water partition coefficient (Wildman–Crippen LogP) is 3.89. The first-order valence-electron chi connectivity index (χ1n) is 5.48. The third-order valence-corrected chi connectivity index (χ3v) is 3.20. The fourth-order valence-electron chi connectivity index (χ4n) is 1.54. The standard InChI is InChI=1S/C11H5F6N3OS/c12-4-1-2-6(5(3-4)11(15,16)17)18-10(21)8-7(9(13)14)19-20-22-8/h1-3,9H,(H,18,21). The Hall–Kier alpha value is -2.17. The van der Waals surface area contributed by atoms with E-state index < -0.39 is 46.1 Å². The van der Waals surface area contributed by atoms with E-state index in [1.54, 1.807) is 0 Å². The molecule has 0 bridgehead atoms. The molecule has 0 aliphatic rings. The van der Waals surface area contributed by atoms with Crippen LogP contribution in [0.3, 0.4) is 0 Å². The molecule has 1 amide bonds. The lowest BCUT2D eigenvalue weighted by atomic mass is 10.1. The predicted molar refractivity (Wildman–Crippen MR) is 64.2 cm³/mol. The van der Waals surface area contributed by atoms with Gasteiger partial charge in [-0.1, -0.05) is 4.49 Å². The van der Waals surface area contributed by atoms with E-state index in [1.807, 2.05) is 5.32 Å². The Labute approximate surface area is 122 Å². The van der Waals surface area contributed by atoms with Crippen molar-refractivity contribution in [3.63, 3.8) is 0 Å². The van der Waals surface area contributed by atoms with Gasteiger partial charge in [-0.05, 0) is 29.7 Å². The van der Waals surface area contributed by atoms with Crippen molar-refractivity contribution in [2.24, 2.45) is 0 Å². The van der Waals surface area contributed by atoms with Crippen molar-refractivity contribution in [2.45, 2.75) is 12.6 Å². The average molecular weight is 341 g/mol. The van der Waals surface area contributed by atoms with Gasteiger partial charge in [0.15, 0.2) is 5.69 Å². The van der Waals surface area contributed by atoms with Crippen molar-refractivity contribution in [1.29, 1.82) is 0 Å². The molecule has 0 spiro atoms. The van der Waals surface area contributed by atoms with Crippen LogP contribution in [0.1, 0.15) is 27.4 Å². The molecule has 1 aromatic carbocycles. The number of rotatable bonds is 3. The molecule has 22 heavy (non-hydrogen) atoms. The van der Waals surface area contributed by atoms with Crippen molar-refractivity contribution in [3.8, 4) is 0 Å². The van der Waals surface area contributed by atoms with Gasteiger partial charge >= 0.3 is 6.18 Å². The number of aromatic nitrogens is 2. The van der Waals surface area contributed by atoms with Crippen LogP contribution in [0.5, 0.6) is 0 Å². The maximum atomic E-state index is 12.9. The van der Waals surface area contributed by atoms with E-state index in [-0.39, 0.29) is 6.07 Å². The van der Waals surface area contributed by atoms with Gasteiger partial charge in [0, 0.05) is 0 Å². The lowest BCUT2D eigenvalue weighted by Crippen LogP contribution is -2.17. The average Bonchev–Trinajstić information content (AvgIpc) is 2.89. The molecular formula is C11H5F6N3OS. The van der Waals surface area contributed by atoms with Crippen LogP contribution in [0.25, 0.3) is 0 Å². The lowest BCUT2D eigenvalue weighted by Gasteiger charge is -2.13. The Morgan fingerprint density at radius 2 is 1.95 bits per heavy atom. The maximum absolute atomic E-state index is 12.9. The number of hydrogen-bond acceptors (Lipinski definition) is 4. The SMILES string of the molecule is O=C(Nc1ccc(F)cc1C(F)(F)F)c1snnc1C(F)F. The number of alkyl halides is 5. The highest BCUT2D eigenvalue weighted by Crippen LogP contribution is 2.35. The molecular weight excluding hydrogens is 336 g/mol. The van der Waals surface area contributed by atoms with E-state index in [1.165, 1.54) is 0 Å². The van der Waals surface area contributed by atoms with Gasteiger partial charge in [-0.3, -0.25) is 4.79 Å². The summed E-state index contributed by atoms with van der Waals surface area (Å²) in [5, 5.41) is 4.85. The second-order valence-corrected chi connectivity index (χ2v) is 4.68. The normalized spacial score (nSPS) is 11.8. The zero-order valence-corrected chi connectivity index (χ0v) is 11.1. The van der Waals surface area contributed by atoms with E-state index in [9.17, 15) is 31.1 Å². The highest BCUT2D eigenvalue weighted by atomic mass is 32.1. The van der Waals surface area contributed by atoms with Gasteiger partial charge in [-0.25, -0.2) is 13.2 Å². The van der Waals surface area contributed by atoms with Crippen molar-refractivity contribution in [3.05, 3.63) is 40.2 Å². The Balaban J connectivity index is 2.35. The molecule has 1 heterocycles. The van der Waals surface area contributed by atoms with Crippen molar-refractivity contribution in [2.75, 3.05) is 5.32 Å². The molecule has 1 N–H and O–H groups in total. The van der Waals surface area contributed by atoms with Crippen LogP contribution in [0.4, 0.5) is 32.0 Å². The van der Waals surface area contributed by atoms with Crippen molar-refractivity contribution in [1.82, 2.24) is 9.59 Å². The van der Waals surface area contributed by atoms with Crippen LogP contribution < -0.4 is 5.32 Å². The largest absolute Gasteiger partial charge is 0.418 e. The zero-order chi connectivity index (χ0) is 16.5. The number of halogens is 6. The van der Waals surface area contributed by atoms with Crippen molar-refractivity contribution < 1.29 is 31.1 Å². The monoisotopic (exact) mass is 341 g/mol. The van der Waals surface area contributed by atoms with Gasteiger partial charge in [0.1, 0.15) is 10.7 Å². The number of carbonyl (C=O) groups excluding carboxylic acids is 1. The molecule has 0 fully saturated rings. The van der Waals surface area contributed by atoms with Gasteiger partial charge in [0.25, 0.3) is 12.3 Å². The van der Waals surface area contributed by atoms with Gasteiger partial charge in [0.2, 0.25) is 0 Å². The van der Waals surface area contributed by atoms with E-state index in [0.717, 1.165) is 0 Å². The number of amides is 1. The minimum absolute atomic E-state index is 0.189. The first kappa shape index (κ1) is 16.2. The summed E-state index contributed by atoms with van der Waals surface area (Å²) in [6, 6.07) is 1.57. The summed E-state index contributed by atoms with van der Waals surface area (Å²) in [5.74, 6) is -2.39. The van der Waals surface area contributed by atoms with Crippen LogP contribution in [0, 0.1) is 5.82 Å². The molecule has 0 saturated carbocycles. The fraction of sp³-hybridized carbons (Fsp3) is 0.182. The minimum atomic E-state index is -4.93. The van der Waals surface area contributed by atoms with E-state index >= 15 is 0 Å². The highest BCUT2D eigenvalue weighted by Gasteiger charge is 2.35. The summed E-state index contributed by atoms with van der Waals surface area (Å²) in [5.41, 5.74) is -3.12. The summed E-state index contributed by atoms with van der Waals surface area (Å²) >= 11 is 0.313. The van der Waals surface area contributed by atoms with E-state index in [0.29, 0.717) is 23.7 Å². The Morgan fingerprint density at radius 1 is 1.27 bits per heavy atom. The van der Waals surface area contributed by atoms with Crippen LogP contribution in [0.2, 0.25) is 0 Å². The third-order valence-electron chi connectivity index (χ3n) is 2.46. The molecule has 4 nitrogen and oxygen atoms in total. The molecule has 0 aliphatic heterocycles. The number of anilines is 1. The van der Waals surface area contributed by atoms with Gasteiger partial charge in [-0.15, -0.1) is 5.10 Å². The summed E-state index contributed by atoms with van der Waals surface area (Å²) < 4.78 is 79.5. The molecule has 118 valence electrons. The molecule has 0 saturated heterocycles. The van der Waals surface area contributed by atoms with E-state index in [2.05, 4.69) is 9.59 Å². The van der Waals surface area contributed by atoms with E-state index in [4.69, 9.17) is 0 Å². The quantitative estimate of drug-likeness (QED) is 0.862. The first-order valence-corrected chi connectivity index (χ1v) is 6.26. The number of carbonyl (C=O) groups is 1. The summed E-state index contributed by atoms with van der Waals surface area (Å²) in [6.45, 7) is 0. The molecule has 0 atom stereocenters. The van der Waals surface area contributed by atoms with Gasteiger partial charge in [0.05, 0.1) is 11.3 Å². The lowest BCUT2D eigenvalue weighted by molar-refractivity contribution is -0.137. The topological polar surface area (TPSA) is 54.9 Å². The highest BCUT2D eigenvalue weighted by molar-refractivity contribution is 7.08. The van der Waals surface area contributed by atoms with Crippen molar-refractivity contribution >= 4 is 23.1 Å².